The highest BCUT2D eigenvalue weighted by atomic mass is 19.4. The van der Waals surface area contributed by atoms with E-state index >= 15 is 0 Å². The van der Waals surface area contributed by atoms with E-state index in [0.29, 0.717) is 17.9 Å². The Morgan fingerprint density at radius 3 is 2.33 bits per heavy atom. The first kappa shape index (κ1) is 16.5. The van der Waals surface area contributed by atoms with Crippen LogP contribution in [0.5, 0.6) is 0 Å². The number of hydrogen-bond donors (Lipinski definition) is 1. The summed E-state index contributed by atoms with van der Waals surface area (Å²) in [6, 6.07) is 5.62. The lowest BCUT2D eigenvalue weighted by Crippen LogP contribution is -2.26. The topological polar surface area (TPSA) is 75.6 Å². The van der Waals surface area contributed by atoms with Crippen LogP contribution < -0.4 is 10.1 Å². The lowest BCUT2D eigenvalue weighted by atomic mass is 10.2. The number of alkyl halides is 3. The van der Waals surface area contributed by atoms with Gasteiger partial charge in [-0.05, 0) is 36.6 Å². The summed E-state index contributed by atoms with van der Waals surface area (Å²) in [5.41, 5.74) is -0.288. The van der Waals surface area contributed by atoms with Crippen molar-refractivity contribution in [1.82, 2.24) is 9.97 Å². The van der Waals surface area contributed by atoms with Gasteiger partial charge in [0.15, 0.2) is 0 Å². The molecular formula is C15H14F3N4O2-. The molecule has 2 aromatic heterocycles. The Bertz CT molecular complexity index is 685. The van der Waals surface area contributed by atoms with Gasteiger partial charge in [-0.2, -0.15) is 13.2 Å². The molecule has 0 spiro atoms. The van der Waals surface area contributed by atoms with Crippen LogP contribution >= 0.6 is 0 Å². The minimum Gasteiger partial charge on any atom is -0.733 e. The molecule has 0 amide bonds. The van der Waals surface area contributed by atoms with E-state index in [1.165, 1.54) is 24.5 Å². The lowest BCUT2D eigenvalue weighted by molar-refractivity contribution is -0.141. The van der Waals surface area contributed by atoms with Crippen molar-refractivity contribution in [3.05, 3.63) is 53.1 Å². The van der Waals surface area contributed by atoms with Crippen molar-refractivity contribution in [3.8, 4) is 0 Å². The molecule has 1 N–H and O–H groups in total. The number of aromatic nitrogens is 2. The van der Waals surface area contributed by atoms with Crippen LogP contribution in [0.3, 0.4) is 0 Å². The molecule has 3 rings (SSSR count). The molecule has 0 atom stereocenters. The van der Waals surface area contributed by atoms with Crippen LogP contribution in [0.2, 0.25) is 0 Å². The highest BCUT2D eigenvalue weighted by Crippen LogP contribution is 2.33. The van der Waals surface area contributed by atoms with E-state index in [1.54, 1.807) is 6.07 Å². The second kappa shape index (κ2) is 6.25. The number of rotatable bonds is 5. The first-order valence-corrected chi connectivity index (χ1v) is 7.25. The zero-order valence-electron chi connectivity index (χ0n) is 12.4. The fourth-order valence-electron chi connectivity index (χ4n) is 2.33. The van der Waals surface area contributed by atoms with Crippen LogP contribution in [0, 0.1) is 5.21 Å². The van der Waals surface area contributed by atoms with Crippen molar-refractivity contribution in [2.24, 2.45) is 0 Å². The number of anilines is 2. The molecule has 2 aromatic rings. The second-order valence-electron chi connectivity index (χ2n) is 5.56. The number of hydrogen-bond acceptors (Lipinski definition) is 6. The molecule has 128 valence electrons. The average Bonchev–Trinajstić information content (AvgIpc) is 3.37. The molecule has 6 nitrogen and oxygen atoms in total. The summed E-state index contributed by atoms with van der Waals surface area (Å²) in [6.45, 7) is 0.363. The Morgan fingerprint density at radius 2 is 1.88 bits per heavy atom. The molecule has 1 fully saturated rings. The molecule has 0 radical (unpaired) electrons. The maximum Gasteiger partial charge on any atom is 0.433 e. The maximum absolute atomic E-state index is 12.6. The second-order valence-corrected chi connectivity index (χ2v) is 5.56. The van der Waals surface area contributed by atoms with Crippen molar-refractivity contribution in [1.29, 1.82) is 0 Å². The third-order valence-electron chi connectivity index (χ3n) is 3.70. The van der Waals surface area contributed by atoms with E-state index in [9.17, 15) is 18.4 Å². The highest BCUT2D eigenvalue weighted by molar-refractivity contribution is 5.50. The van der Waals surface area contributed by atoms with Crippen LogP contribution in [0.25, 0.3) is 0 Å². The van der Waals surface area contributed by atoms with Gasteiger partial charge in [0, 0.05) is 18.8 Å². The minimum atomic E-state index is -4.46. The van der Waals surface area contributed by atoms with Gasteiger partial charge in [-0.15, -0.1) is 0 Å². The van der Waals surface area contributed by atoms with Gasteiger partial charge in [-0.25, -0.2) is 4.98 Å². The normalized spacial score (nSPS) is 14.5. The summed E-state index contributed by atoms with van der Waals surface area (Å²) in [5, 5.41) is 19.3. The Kier molecular flexibility index (Phi) is 4.29. The van der Waals surface area contributed by atoms with Crippen LogP contribution in [-0.4, -0.2) is 21.2 Å². The Hall–Kier alpha value is -2.39. The number of pyridine rings is 2. The predicted octanol–water partition coefficient (Wildman–Crippen LogP) is 3.36. The standard InChI is InChI=1S/C15H14F3N4O2/c16-15(17,18)13-5-1-10(7-19-13)9-21(11-2-3-11)14-6-4-12(8-20-14)22(23)24/h1,4-8,11,23H,2-3,9H2/q-1. The number of nitrogens with zero attached hydrogens (tertiary/aromatic N) is 4. The van der Waals surface area contributed by atoms with E-state index in [4.69, 9.17) is 5.21 Å². The Balaban J connectivity index is 1.77. The van der Waals surface area contributed by atoms with Crippen LogP contribution in [0.15, 0.2) is 36.7 Å². The van der Waals surface area contributed by atoms with Gasteiger partial charge in [0.05, 0.1) is 11.9 Å². The average molecular weight is 339 g/mol. The van der Waals surface area contributed by atoms with Gasteiger partial charge in [0.1, 0.15) is 11.5 Å². The van der Waals surface area contributed by atoms with Crippen LogP contribution in [0.4, 0.5) is 24.7 Å². The molecule has 1 saturated carbocycles. The summed E-state index contributed by atoms with van der Waals surface area (Å²) in [6.07, 6.45) is -0.0840. The molecule has 0 bridgehead atoms. The van der Waals surface area contributed by atoms with Crippen molar-refractivity contribution in [2.45, 2.75) is 31.6 Å². The minimum absolute atomic E-state index is 0.00527. The third kappa shape index (κ3) is 3.74. The molecule has 0 aromatic carbocycles. The fourth-order valence-corrected chi connectivity index (χ4v) is 2.33. The fraction of sp³-hybridized carbons (Fsp3) is 0.333. The summed E-state index contributed by atoms with van der Waals surface area (Å²) < 4.78 is 37.7. The van der Waals surface area contributed by atoms with E-state index in [0.717, 1.165) is 18.9 Å². The zero-order valence-corrected chi connectivity index (χ0v) is 12.4. The van der Waals surface area contributed by atoms with Crippen molar-refractivity contribution >= 4 is 11.5 Å². The largest absolute Gasteiger partial charge is 0.733 e. The van der Waals surface area contributed by atoms with Crippen LogP contribution in [-0.2, 0) is 12.7 Å². The van der Waals surface area contributed by atoms with Gasteiger partial charge in [0.2, 0.25) is 0 Å². The van der Waals surface area contributed by atoms with Crippen LogP contribution in [0.1, 0.15) is 24.1 Å². The zero-order chi connectivity index (χ0) is 17.3. The van der Waals surface area contributed by atoms with E-state index in [2.05, 4.69) is 9.97 Å². The summed E-state index contributed by atoms with van der Waals surface area (Å²) in [5.74, 6) is 0.586. The molecule has 0 saturated heterocycles. The van der Waals surface area contributed by atoms with E-state index in [1.807, 2.05) is 4.90 Å². The SMILES string of the molecule is [O-]N(O)c1ccc(N(Cc2ccc(C(F)(F)F)nc2)C2CC2)nc1. The van der Waals surface area contributed by atoms with Crippen molar-refractivity contribution < 1.29 is 18.4 Å². The Morgan fingerprint density at radius 1 is 1.12 bits per heavy atom. The van der Waals surface area contributed by atoms with Gasteiger partial charge >= 0.3 is 6.18 Å². The third-order valence-corrected chi connectivity index (χ3v) is 3.70. The number of halogens is 3. The van der Waals surface area contributed by atoms with Crippen molar-refractivity contribution in [2.75, 3.05) is 10.1 Å². The quantitative estimate of drug-likeness (QED) is 0.842. The Labute approximate surface area is 135 Å². The first-order valence-electron chi connectivity index (χ1n) is 7.25. The monoisotopic (exact) mass is 339 g/mol. The smallest absolute Gasteiger partial charge is 0.433 e. The van der Waals surface area contributed by atoms with Gasteiger partial charge in [-0.1, -0.05) is 6.07 Å². The molecule has 9 heteroatoms. The summed E-state index contributed by atoms with van der Waals surface area (Å²) in [4.78, 5) is 9.54. The molecule has 0 aliphatic heterocycles. The molecule has 2 heterocycles. The molecular weight excluding hydrogens is 325 g/mol. The first-order chi connectivity index (χ1) is 11.3. The van der Waals surface area contributed by atoms with E-state index in [-0.39, 0.29) is 17.0 Å². The van der Waals surface area contributed by atoms with E-state index < -0.39 is 11.9 Å². The molecule has 1 aliphatic carbocycles. The maximum atomic E-state index is 12.6. The van der Waals surface area contributed by atoms with Gasteiger partial charge in [0.25, 0.3) is 0 Å². The molecule has 24 heavy (non-hydrogen) atoms. The molecule has 1 aliphatic rings. The van der Waals surface area contributed by atoms with Gasteiger partial charge < -0.3 is 15.3 Å². The summed E-state index contributed by atoms with van der Waals surface area (Å²) in [7, 11) is 0. The molecule has 0 unspecified atom stereocenters. The highest BCUT2D eigenvalue weighted by Gasteiger charge is 2.33. The predicted molar refractivity (Wildman–Crippen MR) is 80.3 cm³/mol. The summed E-state index contributed by atoms with van der Waals surface area (Å²) >= 11 is 0. The van der Waals surface area contributed by atoms with Crippen molar-refractivity contribution in [3.63, 3.8) is 0 Å². The van der Waals surface area contributed by atoms with Gasteiger partial charge in [-0.3, -0.25) is 10.2 Å². The lowest BCUT2D eigenvalue weighted by Gasteiger charge is -2.25.